The number of hydrogen-bond donors (Lipinski definition) is 1. The van der Waals surface area contributed by atoms with Gasteiger partial charge in [-0.05, 0) is 19.3 Å². The fourth-order valence-corrected chi connectivity index (χ4v) is 2.91. The monoisotopic (exact) mass is 292 g/mol. The molecule has 3 heterocycles. The van der Waals surface area contributed by atoms with E-state index < -0.39 is 0 Å². The first-order valence-corrected chi connectivity index (χ1v) is 7.46. The fraction of sp³-hybridized carbons (Fsp3) is 0.643. The molecule has 2 unspecified atom stereocenters. The van der Waals surface area contributed by atoms with Crippen molar-refractivity contribution < 1.29 is 9.66 Å². The van der Waals surface area contributed by atoms with Gasteiger partial charge in [-0.1, -0.05) is 6.92 Å². The summed E-state index contributed by atoms with van der Waals surface area (Å²) >= 11 is 0. The number of pyridine rings is 1. The van der Waals surface area contributed by atoms with Crippen LogP contribution in [-0.4, -0.2) is 41.7 Å². The van der Waals surface area contributed by atoms with Crippen LogP contribution in [0.4, 0.5) is 17.3 Å². The standard InChI is InChI=1S/C14H20N4O3/c1-2-5-15-13-6-10(18(19)20)7-14(16-13)17-8-11-3-4-12(9-17)21-11/h6-7,11-12H,2-5,8-9H2,1H3,(H,15,16). The Labute approximate surface area is 123 Å². The first kappa shape index (κ1) is 14.1. The number of hydrogen-bond acceptors (Lipinski definition) is 6. The van der Waals surface area contributed by atoms with Crippen LogP contribution in [0.3, 0.4) is 0 Å². The van der Waals surface area contributed by atoms with Crippen molar-refractivity contribution in [3.05, 3.63) is 22.2 Å². The molecule has 3 rings (SSSR count). The number of aromatic nitrogens is 1. The molecule has 21 heavy (non-hydrogen) atoms. The summed E-state index contributed by atoms with van der Waals surface area (Å²) in [4.78, 5) is 17.4. The molecular weight excluding hydrogens is 272 g/mol. The van der Waals surface area contributed by atoms with E-state index in [9.17, 15) is 10.1 Å². The second-order valence-electron chi connectivity index (χ2n) is 5.62. The average molecular weight is 292 g/mol. The summed E-state index contributed by atoms with van der Waals surface area (Å²) in [7, 11) is 0. The summed E-state index contributed by atoms with van der Waals surface area (Å²) in [5.41, 5.74) is 0.0810. The van der Waals surface area contributed by atoms with Crippen LogP contribution in [0.5, 0.6) is 0 Å². The molecule has 2 fully saturated rings. The fourth-order valence-electron chi connectivity index (χ4n) is 2.91. The lowest BCUT2D eigenvalue weighted by Crippen LogP contribution is -2.43. The zero-order valence-electron chi connectivity index (χ0n) is 12.1. The van der Waals surface area contributed by atoms with Crippen molar-refractivity contribution in [1.82, 2.24) is 4.98 Å². The van der Waals surface area contributed by atoms with Gasteiger partial charge in [0.25, 0.3) is 5.69 Å². The highest BCUT2D eigenvalue weighted by molar-refractivity contribution is 5.56. The Bertz CT molecular complexity index is 525. The normalized spacial score (nSPS) is 24.1. The summed E-state index contributed by atoms with van der Waals surface area (Å²) in [5, 5.41) is 14.2. The Morgan fingerprint density at radius 1 is 1.43 bits per heavy atom. The van der Waals surface area contributed by atoms with Gasteiger partial charge in [0.05, 0.1) is 29.3 Å². The van der Waals surface area contributed by atoms with E-state index in [-0.39, 0.29) is 22.8 Å². The SMILES string of the molecule is CCCNc1cc([N+](=O)[O-])cc(N2CC3CCC(C2)O3)n1. The zero-order chi connectivity index (χ0) is 14.8. The number of rotatable bonds is 5. The van der Waals surface area contributed by atoms with Gasteiger partial charge in [-0.3, -0.25) is 10.1 Å². The van der Waals surface area contributed by atoms with E-state index in [2.05, 4.69) is 15.2 Å². The molecule has 0 radical (unpaired) electrons. The Kier molecular flexibility index (Phi) is 3.92. The van der Waals surface area contributed by atoms with Crippen molar-refractivity contribution in [2.24, 2.45) is 0 Å². The maximum absolute atomic E-state index is 11.1. The minimum atomic E-state index is -0.364. The van der Waals surface area contributed by atoms with Crippen molar-refractivity contribution in [2.75, 3.05) is 29.9 Å². The smallest absolute Gasteiger partial charge is 0.276 e. The van der Waals surface area contributed by atoms with Gasteiger partial charge < -0.3 is 15.0 Å². The molecule has 7 nitrogen and oxygen atoms in total. The molecule has 1 aromatic rings. The lowest BCUT2D eigenvalue weighted by molar-refractivity contribution is -0.384. The number of fused-ring (bicyclic) bond motifs is 2. The molecule has 7 heteroatoms. The van der Waals surface area contributed by atoms with Crippen LogP contribution >= 0.6 is 0 Å². The Balaban J connectivity index is 1.85. The molecule has 1 aromatic heterocycles. The number of ether oxygens (including phenoxy) is 1. The lowest BCUT2D eigenvalue weighted by Gasteiger charge is -2.33. The predicted molar refractivity (Wildman–Crippen MR) is 79.8 cm³/mol. The number of nitrogens with one attached hydrogen (secondary N) is 1. The van der Waals surface area contributed by atoms with Gasteiger partial charge in [0.1, 0.15) is 11.6 Å². The van der Waals surface area contributed by atoms with Crippen LogP contribution in [0.1, 0.15) is 26.2 Å². The first-order valence-electron chi connectivity index (χ1n) is 7.46. The molecule has 114 valence electrons. The summed E-state index contributed by atoms with van der Waals surface area (Å²) < 4.78 is 5.80. The minimum absolute atomic E-state index is 0.0810. The molecule has 2 saturated heterocycles. The van der Waals surface area contributed by atoms with Crippen LogP contribution < -0.4 is 10.2 Å². The van der Waals surface area contributed by atoms with Crippen LogP contribution in [0, 0.1) is 10.1 Å². The third-order valence-corrected chi connectivity index (χ3v) is 3.93. The second kappa shape index (κ2) is 5.85. The van der Waals surface area contributed by atoms with Crippen molar-refractivity contribution in [2.45, 2.75) is 38.4 Å². The van der Waals surface area contributed by atoms with Crippen LogP contribution in [0.25, 0.3) is 0 Å². The molecule has 0 aliphatic carbocycles. The molecule has 2 aliphatic rings. The van der Waals surface area contributed by atoms with Gasteiger partial charge in [0.15, 0.2) is 0 Å². The van der Waals surface area contributed by atoms with Gasteiger partial charge in [0.2, 0.25) is 0 Å². The van der Waals surface area contributed by atoms with Gasteiger partial charge in [-0.15, -0.1) is 0 Å². The highest BCUT2D eigenvalue weighted by Crippen LogP contribution is 2.31. The highest BCUT2D eigenvalue weighted by atomic mass is 16.6. The molecular formula is C14H20N4O3. The number of anilines is 2. The third kappa shape index (κ3) is 3.07. The van der Waals surface area contributed by atoms with E-state index >= 15 is 0 Å². The maximum atomic E-state index is 11.1. The highest BCUT2D eigenvalue weighted by Gasteiger charge is 2.34. The summed E-state index contributed by atoms with van der Waals surface area (Å²) in [6.45, 7) is 4.32. The van der Waals surface area contributed by atoms with Gasteiger partial charge >= 0.3 is 0 Å². The van der Waals surface area contributed by atoms with E-state index in [4.69, 9.17) is 4.74 Å². The van der Waals surface area contributed by atoms with E-state index in [0.717, 1.165) is 38.9 Å². The number of nitro groups is 1. The molecule has 1 N–H and O–H groups in total. The molecule has 2 aliphatic heterocycles. The number of nitrogens with zero attached hydrogens (tertiary/aromatic N) is 3. The molecule has 0 aromatic carbocycles. The van der Waals surface area contributed by atoms with Crippen molar-refractivity contribution in [3.8, 4) is 0 Å². The molecule has 0 saturated carbocycles. The maximum Gasteiger partial charge on any atom is 0.276 e. The van der Waals surface area contributed by atoms with Crippen molar-refractivity contribution in [1.29, 1.82) is 0 Å². The Morgan fingerprint density at radius 3 is 2.76 bits per heavy atom. The quantitative estimate of drug-likeness (QED) is 0.662. The lowest BCUT2D eigenvalue weighted by atomic mass is 10.2. The van der Waals surface area contributed by atoms with E-state index in [1.807, 2.05) is 6.92 Å². The van der Waals surface area contributed by atoms with Crippen LogP contribution in [0.2, 0.25) is 0 Å². The second-order valence-corrected chi connectivity index (χ2v) is 5.62. The summed E-state index contributed by atoms with van der Waals surface area (Å²) in [6, 6.07) is 3.05. The number of morpholine rings is 1. The van der Waals surface area contributed by atoms with Crippen molar-refractivity contribution >= 4 is 17.3 Å². The van der Waals surface area contributed by atoms with Crippen LogP contribution in [0.15, 0.2) is 12.1 Å². The molecule has 2 bridgehead atoms. The van der Waals surface area contributed by atoms with E-state index in [0.29, 0.717) is 11.6 Å². The topological polar surface area (TPSA) is 80.5 Å². The van der Waals surface area contributed by atoms with Crippen LogP contribution in [-0.2, 0) is 4.74 Å². The van der Waals surface area contributed by atoms with Gasteiger partial charge in [-0.25, -0.2) is 4.98 Å². The zero-order valence-corrected chi connectivity index (χ0v) is 12.1. The molecule has 2 atom stereocenters. The largest absolute Gasteiger partial charge is 0.371 e. The third-order valence-electron chi connectivity index (χ3n) is 3.93. The van der Waals surface area contributed by atoms with Gasteiger partial charge in [0, 0.05) is 19.6 Å². The van der Waals surface area contributed by atoms with E-state index in [1.54, 1.807) is 6.07 Å². The predicted octanol–water partition coefficient (Wildman–Crippen LogP) is 2.18. The van der Waals surface area contributed by atoms with Crippen molar-refractivity contribution in [3.63, 3.8) is 0 Å². The molecule has 0 amide bonds. The van der Waals surface area contributed by atoms with E-state index in [1.165, 1.54) is 6.07 Å². The molecule has 0 spiro atoms. The minimum Gasteiger partial charge on any atom is -0.371 e. The average Bonchev–Trinajstić information content (AvgIpc) is 2.83. The van der Waals surface area contributed by atoms with Gasteiger partial charge in [-0.2, -0.15) is 0 Å². The first-order chi connectivity index (χ1) is 10.2. The summed E-state index contributed by atoms with van der Waals surface area (Å²) in [5.74, 6) is 1.24. The summed E-state index contributed by atoms with van der Waals surface area (Å²) in [6.07, 6.45) is 3.55. The Morgan fingerprint density at radius 2 is 2.14 bits per heavy atom. The Hall–Kier alpha value is -1.89.